The van der Waals surface area contributed by atoms with Crippen LogP contribution in [0.2, 0.25) is 0 Å². The number of carboxylic acid groups (broad SMARTS) is 1. The van der Waals surface area contributed by atoms with E-state index in [0.717, 1.165) is 11.1 Å². The standard InChI is InChI=1S/C19H12FN3O2/c20-15-7-2-1-6-14(15)12-4-3-5-13(10-12)17-8-9-21-18-11-16(19(24)25)22-23(17)18/h1-11H,(H,24,25). The molecule has 0 aliphatic carbocycles. The molecule has 25 heavy (non-hydrogen) atoms. The summed E-state index contributed by atoms with van der Waals surface area (Å²) in [5, 5.41) is 13.2. The van der Waals surface area contributed by atoms with E-state index in [2.05, 4.69) is 10.1 Å². The highest BCUT2D eigenvalue weighted by Gasteiger charge is 2.13. The molecule has 0 aliphatic heterocycles. The third kappa shape index (κ3) is 2.63. The average molecular weight is 333 g/mol. The number of aromatic nitrogens is 3. The average Bonchev–Trinajstić information content (AvgIpc) is 3.07. The van der Waals surface area contributed by atoms with E-state index in [1.807, 2.05) is 24.3 Å². The first kappa shape index (κ1) is 15.0. The zero-order valence-corrected chi connectivity index (χ0v) is 12.9. The molecule has 4 rings (SSSR count). The summed E-state index contributed by atoms with van der Waals surface area (Å²) in [6.45, 7) is 0. The number of carboxylic acids is 1. The molecule has 2 heterocycles. The van der Waals surface area contributed by atoms with Crippen LogP contribution in [0.3, 0.4) is 0 Å². The summed E-state index contributed by atoms with van der Waals surface area (Å²) in [5.41, 5.74) is 3.05. The number of halogens is 1. The Morgan fingerprint density at radius 2 is 1.80 bits per heavy atom. The van der Waals surface area contributed by atoms with Crippen molar-refractivity contribution in [2.75, 3.05) is 0 Å². The summed E-state index contributed by atoms with van der Waals surface area (Å²) in [4.78, 5) is 15.3. The number of hydrogen-bond acceptors (Lipinski definition) is 3. The number of aromatic carboxylic acids is 1. The van der Waals surface area contributed by atoms with Crippen LogP contribution in [0.5, 0.6) is 0 Å². The molecular formula is C19H12FN3O2. The molecule has 0 spiro atoms. The SMILES string of the molecule is O=C(O)c1cc2nccc(-c3cccc(-c4ccccc4F)c3)n2n1. The zero-order valence-electron chi connectivity index (χ0n) is 12.9. The third-order valence-electron chi connectivity index (χ3n) is 3.92. The molecule has 122 valence electrons. The Morgan fingerprint density at radius 1 is 1.00 bits per heavy atom. The van der Waals surface area contributed by atoms with E-state index in [-0.39, 0.29) is 11.5 Å². The second-order valence-corrected chi connectivity index (χ2v) is 5.50. The molecule has 0 unspecified atom stereocenters. The second-order valence-electron chi connectivity index (χ2n) is 5.50. The van der Waals surface area contributed by atoms with E-state index < -0.39 is 5.97 Å². The van der Waals surface area contributed by atoms with Crippen molar-refractivity contribution in [3.8, 4) is 22.4 Å². The van der Waals surface area contributed by atoms with Crippen molar-refractivity contribution in [2.24, 2.45) is 0 Å². The number of carbonyl (C=O) groups is 1. The number of rotatable bonds is 3. The first-order chi connectivity index (χ1) is 12.1. The summed E-state index contributed by atoms with van der Waals surface area (Å²) >= 11 is 0. The topological polar surface area (TPSA) is 67.5 Å². The van der Waals surface area contributed by atoms with Crippen LogP contribution in [0.1, 0.15) is 10.5 Å². The summed E-state index contributed by atoms with van der Waals surface area (Å²) in [5.74, 6) is -1.41. The van der Waals surface area contributed by atoms with Gasteiger partial charge in [0.05, 0.1) is 5.69 Å². The van der Waals surface area contributed by atoms with E-state index in [4.69, 9.17) is 5.11 Å². The van der Waals surface area contributed by atoms with Crippen molar-refractivity contribution in [1.29, 1.82) is 0 Å². The zero-order chi connectivity index (χ0) is 17.4. The largest absolute Gasteiger partial charge is 0.476 e. The van der Waals surface area contributed by atoms with Crippen LogP contribution in [0.15, 0.2) is 66.9 Å². The van der Waals surface area contributed by atoms with Crippen molar-refractivity contribution in [1.82, 2.24) is 14.6 Å². The fourth-order valence-electron chi connectivity index (χ4n) is 2.76. The Morgan fingerprint density at radius 3 is 2.60 bits per heavy atom. The van der Waals surface area contributed by atoms with Gasteiger partial charge in [-0.15, -0.1) is 0 Å². The molecule has 2 aromatic heterocycles. The molecule has 0 aliphatic rings. The molecule has 0 saturated heterocycles. The van der Waals surface area contributed by atoms with E-state index >= 15 is 0 Å². The molecule has 0 fully saturated rings. The van der Waals surface area contributed by atoms with Crippen LogP contribution in [0.25, 0.3) is 28.0 Å². The van der Waals surface area contributed by atoms with Gasteiger partial charge in [-0.3, -0.25) is 0 Å². The molecule has 6 heteroatoms. The number of fused-ring (bicyclic) bond motifs is 1. The number of hydrogen-bond donors (Lipinski definition) is 1. The lowest BCUT2D eigenvalue weighted by Crippen LogP contribution is -2.00. The minimum Gasteiger partial charge on any atom is -0.476 e. The van der Waals surface area contributed by atoms with Crippen LogP contribution >= 0.6 is 0 Å². The van der Waals surface area contributed by atoms with Crippen LogP contribution in [0.4, 0.5) is 4.39 Å². The lowest BCUT2D eigenvalue weighted by molar-refractivity contribution is 0.0690. The Balaban J connectivity index is 1.88. The number of nitrogens with zero attached hydrogens (tertiary/aromatic N) is 3. The fourth-order valence-corrected chi connectivity index (χ4v) is 2.76. The molecule has 4 aromatic rings. The summed E-state index contributed by atoms with van der Waals surface area (Å²) in [7, 11) is 0. The highest BCUT2D eigenvalue weighted by molar-refractivity contribution is 5.87. The van der Waals surface area contributed by atoms with E-state index in [0.29, 0.717) is 16.9 Å². The lowest BCUT2D eigenvalue weighted by Gasteiger charge is -2.08. The van der Waals surface area contributed by atoms with Gasteiger partial charge in [-0.05, 0) is 23.8 Å². The lowest BCUT2D eigenvalue weighted by atomic mass is 10.0. The van der Waals surface area contributed by atoms with Gasteiger partial charge in [0.15, 0.2) is 11.3 Å². The van der Waals surface area contributed by atoms with Gasteiger partial charge in [-0.1, -0.05) is 36.4 Å². The van der Waals surface area contributed by atoms with Gasteiger partial charge in [-0.25, -0.2) is 18.7 Å². The van der Waals surface area contributed by atoms with Gasteiger partial charge in [-0.2, -0.15) is 5.10 Å². The van der Waals surface area contributed by atoms with Crippen molar-refractivity contribution < 1.29 is 14.3 Å². The van der Waals surface area contributed by atoms with Crippen molar-refractivity contribution in [2.45, 2.75) is 0 Å². The highest BCUT2D eigenvalue weighted by Crippen LogP contribution is 2.28. The molecule has 0 bridgehead atoms. The molecule has 0 saturated carbocycles. The minimum absolute atomic E-state index is 0.0785. The Hall–Kier alpha value is -3.54. The maximum absolute atomic E-state index is 14.1. The van der Waals surface area contributed by atoms with Crippen LogP contribution in [0, 0.1) is 5.82 Å². The first-order valence-electron chi connectivity index (χ1n) is 7.57. The smallest absolute Gasteiger partial charge is 0.356 e. The van der Waals surface area contributed by atoms with E-state index in [1.165, 1.54) is 16.6 Å². The highest BCUT2D eigenvalue weighted by atomic mass is 19.1. The number of benzene rings is 2. The monoisotopic (exact) mass is 333 g/mol. The van der Waals surface area contributed by atoms with Gasteiger partial charge in [0.1, 0.15) is 5.82 Å². The summed E-state index contributed by atoms with van der Waals surface area (Å²) in [6, 6.07) is 17.1. The van der Waals surface area contributed by atoms with Gasteiger partial charge >= 0.3 is 5.97 Å². The van der Waals surface area contributed by atoms with E-state index in [1.54, 1.807) is 30.5 Å². The summed E-state index contributed by atoms with van der Waals surface area (Å²) < 4.78 is 15.5. The Labute approximate surface area is 142 Å². The van der Waals surface area contributed by atoms with Crippen LogP contribution < -0.4 is 0 Å². The normalized spacial score (nSPS) is 10.9. The first-order valence-corrected chi connectivity index (χ1v) is 7.57. The predicted octanol–water partition coefficient (Wildman–Crippen LogP) is 3.90. The van der Waals surface area contributed by atoms with Crippen LogP contribution in [-0.4, -0.2) is 25.7 Å². The predicted molar refractivity (Wildman–Crippen MR) is 90.8 cm³/mol. The molecule has 0 radical (unpaired) electrons. The van der Waals surface area contributed by atoms with Crippen molar-refractivity contribution in [3.05, 3.63) is 78.4 Å². The molecule has 5 nitrogen and oxygen atoms in total. The van der Waals surface area contributed by atoms with Gasteiger partial charge < -0.3 is 5.11 Å². The maximum atomic E-state index is 14.1. The van der Waals surface area contributed by atoms with Crippen molar-refractivity contribution in [3.63, 3.8) is 0 Å². The fraction of sp³-hybridized carbons (Fsp3) is 0. The van der Waals surface area contributed by atoms with Gasteiger partial charge in [0.2, 0.25) is 0 Å². The van der Waals surface area contributed by atoms with Gasteiger partial charge in [0.25, 0.3) is 0 Å². The van der Waals surface area contributed by atoms with Gasteiger partial charge in [0, 0.05) is 23.4 Å². The quantitative estimate of drug-likeness (QED) is 0.617. The molecule has 1 N–H and O–H groups in total. The molecule has 0 atom stereocenters. The molecule has 2 aromatic carbocycles. The maximum Gasteiger partial charge on any atom is 0.356 e. The third-order valence-corrected chi connectivity index (χ3v) is 3.92. The van der Waals surface area contributed by atoms with Crippen LogP contribution in [-0.2, 0) is 0 Å². The molecular weight excluding hydrogens is 321 g/mol. The molecule has 0 amide bonds. The Kier molecular flexibility index (Phi) is 3.50. The second kappa shape index (κ2) is 5.83. The minimum atomic E-state index is -1.11. The van der Waals surface area contributed by atoms with E-state index in [9.17, 15) is 9.18 Å². The van der Waals surface area contributed by atoms with Crippen molar-refractivity contribution >= 4 is 11.6 Å². The Bertz CT molecular complexity index is 1100. The summed E-state index contributed by atoms with van der Waals surface area (Å²) in [6.07, 6.45) is 1.59.